The van der Waals surface area contributed by atoms with E-state index in [9.17, 15) is 19.7 Å². The number of para-hydroxylation sites is 2. The molecule has 2 amide bonds. The number of amides is 2. The van der Waals surface area contributed by atoms with Crippen LogP contribution in [0.5, 0.6) is 0 Å². The van der Waals surface area contributed by atoms with E-state index < -0.39 is 11.0 Å². The maximum absolute atomic E-state index is 12.4. The predicted molar refractivity (Wildman–Crippen MR) is 84.7 cm³/mol. The van der Waals surface area contributed by atoms with Gasteiger partial charge in [0, 0.05) is 12.6 Å². The van der Waals surface area contributed by atoms with Gasteiger partial charge in [0.15, 0.2) is 0 Å². The van der Waals surface area contributed by atoms with Crippen LogP contribution in [0.1, 0.15) is 19.8 Å². The minimum Gasteiger partial charge on any atom is -0.369 e. The first kappa shape index (κ1) is 16.9. The van der Waals surface area contributed by atoms with Crippen molar-refractivity contribution >= 4 is 23.2 Å². The van der Waals surface area contributed by atoms with Crippen molar-refractivity contribution in [2.24, 2.45) is 11.7 Å². The second-order valence-corrected chi connectivity index (χ2v) is 5.68. The van der Waals surface area contributed by atoms with Gasteiger partial charge < -0.3 is 11.1 Å². The Labute approximate surface area is 133 Å². The molecule has 1 saturated heterocycles. The molecule has 23 heavy (non-hydrogen) atoms. The van der Waals surface area contributed by atoms with Crippen LogP contribution in [-0.2, 0) is 9.59 Å². The van der Waals surface area contributed by atoms with Crippen LogP contribution in [-0.4, -0.2) is 40.8 Å². The summed E-state index contributed by atoms with van der Waals surface area (Å²) < 4.78 is 0. The Hall–Kier alpha value is -2.48. The lowest BCUT2D eigenvalue weighted by Crippen LogP contribution is -2.49. The molecule has 1 heterocycles. The number of carbonyl (C=O) groups is 2. The molecule has 0 aromatic heterocycles. The Kier molecular flexibility index (Phi) is 5.28. The third kappa shape index (κ3) is 4.04. The van der Waals surface area contributed by atoms with Crippen LogP contribution in [0.4, 0.5) is 11.4 Å². The number of nitrogens with two attached hydrogens (primary N) is 1. The van der Waals surface area contributed by atoms with Crippen LogP contribution >= 0.6 is 0 Å². The summed E-state index contributed by atoms with van der Waals surface area (Å²) in [5.74, 6) is -0.963. The van der Waals surface area contributed by atoms with E-state index in [2.05, 4.69) is 5.32 Å². The Morgan fingerprint density at radius 2 is 2.13 bits per heavy atom. The number of carbonyl (C=O) groups excluding carboxylic acids is 2. The molecule has 8 heteroatoms. The lowest BCUT2D eigenvalue weighted by atomic mass is 9.96. The summed E-state index contributed by atoms with van der Waals surface area (Å²) in [5, 5.41) is 13.6. The summed E-state index contributed by atoms with van der Waals surface area (Å²) in [7, 11) is 0. The highest BCUT2D eigenvalue weighted by Gasteiger charge is 2.30. The standard InChI is InChI=1S/C15H20N4O4/c1-10(18-8-4-5-11(9-18)14(16)20)15(21)17-12-6-2-3-7-13(12)19(22)23/h2-3,6-7,10-11H,4-5,8-9H2,1H3,(H2,16,20)(H,17,21)/t10-,11+/m1/s1. The fourth-order valence-corrected chi connectivity index (χ4v) is 2.73. The third-order valence-electron chi connectivity index (χ3n) is 4.14. The average Bonchev–Trinajstić information content (AvgIpc) is 2.54. The van der Waals surface area contributed by atoms with Crippen molar-refractivity contribution in [1.82, 2.24) is 4.90 Å². The Bertz CT molecular complexity index is 619. The van der Waals surface area contributed by atoms with Gasteiger partial charge >= 0.3 is 0 Å². The van der Waals surface area contributed by atoms with Gasteiger partial charge in [-0.1, -0.05) is 12.1 Å². The lowest BCUT2D eigenvalue weighted by molar-refractivity contribution is -0.383. The van der Waals surface area contributed by atoms with Crippen molar-refractivity contribution in [2.45, 2.75) is 25.8 Å². The van der Waals surface area contributed by atoms with Crippen molar-refractivity contribution in [3.05, 3.63) is 34.4 Å². The van der Waals surface area contributed by atoms with E-state index in [0.717, 1.165) is 12.8 Å². The van der Waals surface area contributed by atoms with E-state index in [-0.39, 0.29) is 29.1 Å². The third-order valence-corrected chi connectivity index (χ3v) is 4.14. The van der Waals surface area contributed by atoms with E-state index in [4.69, 9.17) is 5.73 Å². The first-order valence-electron chi connectivity index (χ1n) is 7.47. The zero-order valence-corrected chi connectivity index (χ0v) is 12.9. The van der Waals surface area contributed by atoms with Gasteiger partial charge in [0.25, 0.3) is 5.69 Å². The highest BCUT2D eigenvalue weighted by atomic mass is 16.6. The van der Waals surface area contributed by atoms with Crippen LogP contribution in [0.15, 0.2) is 24.3 Å². The van der Waals surface area contributed by atoms with E-state index >= 15 is 0 Å². The number of nitro groups is 1. The molecule has 1 aliphatic heterocycles. The van der Waals surface area contributed by atoms with Gasteiger partial charge in [-0.25, -0.2) is 0 Å². The number of primary amides is 1. The smallest absolute Gasteiger partial charge is 0.292 e. The van der Waals surface area contributed by atoms with E-state index in [1.807, 2.05) is 4.90 Å². The number of piperidine rings is 1. The summed E-state index contributed by atoms with van der Waals surface area (Å²) >= 11 is 0. The minimum absolute atomic E-state index is 0.151. The summed E-state index contributed by atoms with van der Waals surface area (Å²) in [5.41, 5.74) is 5.35. The normalized spacial score (nSPS) is 19.8. The topological polar surface area (TPSA) is 119 Å². The minimum atomic E-state index is -0.537. The molecule has 3 N–H and O–H groups in total. The van der Waals surface area contributed by atoms with E-state index in [1.165, 1.54) is 12.1 Å². The van der Waals surface area contributed by atoms with Crippen molar-refractivity contribution in [1.29, 1.82) is 0 Å². The molecular formula is C15H20N4O4. The first-order chi connectivity index (χ1) is 10.9. The second kappa shape index (κ2) is 7.19. The molecule has 8 nitrogen and oxygen atoms in total. The number of anilines is 1. The molecule has 0 unspecified atom stereocenters. The van der Waals surface area contributed by atoms with Gasteiger partial charge in [-0.05, 0) is 32.4 Å². The van der Waals surface area contributed by atoms with Crippen LogP contribution < -0.4 is 11.1 Å². The Balaban J connectivity index is 2.06. The van der Waals surface area contributed by atoms with Crippen molar-refractivity contribution in [2.75, 3.05) is 18.4 Å². The maximum atomic E-state index is 12.4. The molecule has 2 rings (SSSR count). The van der Waals surface area contributed by atoms with Crippen LogP contribution in [0.3, 0.4) is 0 Å². The van der Waals surface area contributed by atoms with Gasteiger partial charge in [-0.2, -0.15) is 0 Å². The van der Waals surface area contributed by atoms with Crippen LogP contribution in [0.2, 0.25) is 0 Å². The first-order valence-corrected chi connectivity index (χ1v) is 7.47. The van der Waals surface area contributed by atoms with Gasteiger partial charge in [0.05, 0.1) is 16.9 Å². The number of likely N-dealkylation sites (tertiary alicyclic amines) is 1. The number of nitro benzene ring substituents is 1. The molecular weight excluding hydrogens is 300 g/mol. The molecule has 0 aliphatic carbocycles. The van der Waals surface area contributed by atoms with E-state index in [1.54, 1.807) is 19.1 Å². The van der Waals surface area contributed by atoms with Crippen LogP contribution in [0, 0.1) is 16.0 Å². The summed E-state index contributed by atoms with van der Waals surface area (Å²) in [6, 6.07) is 5.49. The number of benzene rings is 1. The molecule has 1 fully saturated rings. The Morgan fingerprint density at radius 3 is 2.78 bits per heavy atom. The zero-order chi connectivity index (χ0) is 17.0. The average molecular weight is 320 g/mol. The van der Waals surface area contributed by atoms with Gasteiger partial charge in [0.1, 0.15) is 5.69 Å². The fourth-order valence-electron chi connectivity index (χ4n) is 2.73. The summed E-state index contributed by atoms with van der Waals surface area (Å²) in [6.45, 7) is 2.84. The molecule has 0 bridgehead atoms. The summed E-state index contributed by atoms with van der Waals surface area (Å²) in [4.78, 5) is 36.0. The second-order valence-electron chi connectivity index (χ2n) is 5.68. The van der Waals surface area contributed by atoms with Gasteiger partial charge in [-0.3, -0.25) is 24.6 Å². The number of hydrogen-bond donors (Lipinski definition) is 2. The molecule has 124 valence electrons. The van der Waals surface area contributed by atoms with Gasteiger partial charge in [0.2, 0.25) is 11.8 Å². The van der Waals surface area contributed by atoms with Crippen molar-refractivity contribution < 1.29 is 14.5 Å². The van der Waals surface area contributed by atoms with Crippen LogP contribution in [0.25, 0.3) is 0 Å². The fraction of sp³-hybridized carbons (Fsp3) is 0.467. The number of nitrogens with zero attached hydrogens (tertiary/aromatic N) is 2. The molecule has 1 aromatic carbocycles. The maximum Gasteiger partial charge on any atom is 0.292 e. The molecule has 2 atom stereocenters. The quantitative estimate of drug-likeness (QED) is 0.622. The summed E-state index contributed by atoms with van der Waals surface area (Å²) in [6.07, 6.45) is 1.51. The molecule has 0 radical (unpaired) electrons. The molecule has 1 aliphatic rings. The largest absolute Gasteiger partial charge is 0.369 e. The monoisotopic (exact) mass is 320 g/mol. The van der Waals surface area contributed by atoms with E-state index in [0.29, 0.717) is 13.1 Å². The SMILES string of the molecule is C[C@H](C(=O)Nc1ccccc1[N+](=O)[O-])N1CCC[C@H](C(N)=O)C1. The Morgan fingerprint density at radius 1 is 1.43 bits per heavy atom. The predicted octanol–water partition coefficient (Wildman–Crippen LogP) is 1.12. The molecule has 0 spiro atoms. The molecule has 0 saturated carbocycles. The van der Waals surface area contributed by atoms with Crippen molar-refractivity contribution in [3.63, 3.8) is 0 Å². The van der Waals surface area contributed by atoms with Crippen molar-refractivity contribution in [3.8, 4) is 0 Å². The zero-order valence-electron chi connectivity index (χ0n) is 12.9. The highest BCUT2D eigenvalue weighted by Crippen LogP contribution is 2.24. The number of hydrogen-bond acceptors (Lipinski definition) is 5. The van der Waals surface area contributed by atoms with Gasteiger partial charge in [-0.15, -0.1) is 0 Å². The number of nitrogens with one attached hydrogen (secondary N) is 1. The lowest BCUT2D eigenvalue weighted by Gasteiger charge is -2.34. The highest BCUT2D eigenvalue weighted by molar-refractivity contribution is 5.96. The number of rotatable bonds is 5. The molecule has 1 aromatic rings.